The van der Waals surface area contributed by atoms with Crippen LogP contribution in [0, 0.1) is 0 Å². The van der Waals surface area contributed by atoms with Crippen LogP contribution in [0.5, 0.6) is 0 Å². The van der Waals surface area contributed by atoms with Crippen LogP contribution in [-0.2, 0) is 15.5 Å². The summed E-state index contributed by atoms with van der Waals surface area (Å²) in [6, 6.07) is 0. The Balaban J connectivity index is 2.54. The summed E-state index contributed by atoms with van der Waals surface area (Å²) < 4.78 is 15.7. The Kier molecular flexibility index (Phi) is 5.55. The number of nitrogens with zero attached hydrogens (tertiary/aromatic N) is 2. The van der Waals surface area contributed by atoms with Gasteiger partial charge in [-0.2, -0.15) is 0 Å². The Morgan fingerprint density at radius 2 is 2.29 bits per heavy atom. The summed E-state index contributed by atoms with van der Waals surface area (Å²) in [5, 5.41) is 2.95. The number of methoxy groups -OCH3 is 1. The van der Waals surface area contributed by atoms with Crippen LogP contribution in [0.2, 0.25) is 0 Å². The molecule has 1 heterocycles. The van der Waals surface area contributed by atoms with E-state index in [4.69, 9.17) is 0 Å². The molecule has 0 amide bonds. The fraction of sp³-hybridized carbons (Fsp3) is 0.500. The lowest BCUT2D eigenvalue weighted by atomic mass is 10.4. The van der Waals surface area contributed by atoms with Crippen molar-refractivity contribution in [3.8, 4) is 0 Å². The van der Waals surface area contributed by atoms with E-state index >= 15 is 0 Å². The van der Waals surface area contributed by atoms with Gasteiger partial charge in [-0.1, -0.05) is 6.92 Å². The SMILES string of the molecule is CCS(=O)CCNc1cncc(C(=O)OC)n1. The highest BCUT2D eigenvalue weighted by molar-refractivity contribution is 7.84. The molecule has 0 fully saturated rings. The molecule has 0 aliphatic carbocycles. The largest absolute Gasteiger partial charge is 0.464 e. The van der Waals surface area contributed by atoms with Gasteiger partial charge in [0, 0.05) is 28.9 Å². The minimum Gasteiger partial charge on any atom is -0.464 e. The summed E-state index contributed by atoms with van der Waals surface area (Å²) in [4.78, 5) is 19.1. The highest BCUT2D eigenvalue weighted by Crippen LogP contribution is 2.02. The number of ether oxygens (including phenoxy) is 1. The van der Waals surface area contributed by atoms with Crippen molar-refractivity contribution in [1.29, 1.82) is 0 Å². The number of rotatable bonds is 6. The maximum absolute atomic E-state index is 11.2. The van der Waals surface area contributed by atoms with Crippen molar-refractivity contribution in [2.45, 2.75) is 6.92 Å². The summed E-state index contributed by atoms with van der Waals surface area (Å²) >= 11 is 0. The summed E-state index contributed by atoms with van der Waals surface area (Å²) in [6.07, 6.45) is 2.84. The van der Waals surface area contributed by atoms with Crippen molar-refractivity contribution >= 4 is 22.6 Å². The number of nitrogens with one attached hydrogen (secondary N) is 1. The molecule has 0 aliphatic heterocycles. The van der Waals surface area contributed by atoms with E-state index in [0.29, 0.717) is 23.9 Å². The minimum atomic E-state index is -0.819. The molecule has 0 radical (unpaired) electrons. The normalized spacial score (nSPS) is 11.9. The van der Waals surface area contributed by atoms with Gasteiger partial charge in [-0.15, -0.1) is 0 Å². The van der Waals surface area contributed by atoms with Crippen LogP contribution in [0.25, 0.3) is 0 Å². The number of hydrogen-bond acceptors (Lipinski definition) is 6. The van der Waals surface area contributed by atoms with Gasteiger partial charge in [-0.05, 0) is 0 Å². The predicted octanol–water partition coefficient (Wildman–Crippen LogP) is 0.444. The van der Waals surface area contributed by atoms with Crippen LogP contribution >= 0.6 is 0 Å². The fourth-order valence-corrected chi connectivity index (χ4v) is 1.71. The van der Waals surface area contributed by atoms with Crippen LogP contribution < -0.4 is 5.32 Å². The van der Waals surface area contributed by atoms with E-state index in [2.05, 4.69) is 20.0 Å². The van der Waals surface area contributed by atoms with Crippen molar-refractivity contribution in [1.82, 2.24) is 9.97 Å². The monoisotopic (exact) mass is 257 g/mol. The highest BCUT2D eigenvalue weighted by Gasteiger charge is 2.08. The Bertz CT molecular complexity index is 412. The number of hydrogen-bond donors (Lipinski definition) is 1. The molecule has 94 valence electrons. The topological polar surface area (TPSA) is 81.2 Å². The Hall–Kier alpha value is -1.50. The van der Waals surface area contributed by atoms with Crippen LogP contribution in [0.15, 0.2) is 12.4 Å². The number of esters is 1. The van der Waals surface area contributed by atoms with E-state index in [-0.39, 0.29) is 5.69 Å². The molecule has 6 nitrogen and oxygen atoms in total. The molecule has 1 unspecified atom stereocenters. The van der Waals surface area contributed by atoms with Gasteiger partial charge < -0.3 is 10.1 Å². The third kappa shape index (κ3) is 4.48. The van der Waals surface area contributed by atoms with E-state index in [9.17, 15) is 9.00 Å². The lowest BCUT2D eigenvalue weighted by Crippen LogP contribution is -2.14. The Labute approximate surface area is 102 Å². The molecule has 1 atom stereocenters. The van der Waals surface area contributed by atoms with Crippen molar-refractivity contribution < 1.29 is 13.7 Å². The number of aromatic nitrogens is 2. The number of carbonyl (C=O) groups excluding carboxylic acids is 1. The summed E-state index contributed by atoms with van der Waals surface area (Å²) in [6.45, 7) is 2.40. The van der Waals surface area contributed by atoms with Gasteiger partial charge in [0.25, 0.3) is 0 Å². The molecule has 17 heavy (non-hydrogen) atoms. The van der Waals surface area contributed by atoms with Gasteiger partial charge in [0.1, 0.15) is 5.82 Å². The standard InChI is InChI=1S/C10H15N3O3S/c1-3-17(15)5-4-12-9-7-11-6-8(13-9)10(14)16-2/h6-7H,3-5H2,1-2H3,(H,12,13). The summed E-state index contributed by atoms with van der Waals surface area (Å²) in [7, 11) is 0.468. The van der Waals surface area contributed by atoms with E-state index in [1.165, 1.54) is 19.5 Å². The van der Waals surface area contributed by atoms with Crippen LogP contribution in [0.1, 0.15) is 17.4 Å². The molecular weight excluding hydrogens is 242 g/mol. The molecule has 7 heteroatoms. The quantitative estimate of drug-likeness (QED) is 0.745. The molecule has 1 aromatic heterocycles. The molecule has 1 rings (SSSR count). The van der Waals surface area contributed by atoms with Crippen LogP contribution in [-0.4, -0.2) is 45.3 Å². The van der Waals surface area contributed by atoms with E-state index in [1.54, 1.807) is 0 Å². The first kappa shape index (κ1) is 13.6. The van der Waals surface area contributed by atoms with Gasteiger partial charge in [0.05, 0.1) is 19.5 Å². The second kappa shape index (κ2) is 6.95. The van der Waals surface area contributed by atoms with Gasteiger partial charge in [-0.25, -0.2) is 9.78 Å². The molecule has 1 aromatic rings. The van der Waals surface area contributed by atoms with Gasteiger partial charge in [-0.3, -0.25) is 9.19 Å². The van der Waals surface area contributed by atoms with Crippen molar-refractivity contribution in [3.05, 3.63) is 18.1 Å². The van der Waals surface area contributed by atoms with Gasteiger partial charge >= 0.3 is 5.97 Å². The summed E-state index contributed by atoms with van der Waals surface area (Å²) in [5.41, 5.74) is 0.147. The second-order valence-corrected chi connectivity index (χ2v) is 5.01. The minimum absolute atomic E-state index is 0.147. The molecule has 0 bridgehead atoms. The zero-order chi connectivity index (χ0) is 12.7. The molecule has 1 N–H and O–H groups in total. The first-order valence-corrected chi connectivity index (χ1v) is 6.65. The van der Waals surface area contributed by atoms with E-state index < -0.39 is 16.8 Å². The van der Waals surface area contributed by atoms with E-state index in [0.717, 1.165) is 0 Å². The Morgan fingerprint density at radius 3 is 2.94 bits per heavy atom. The molecule has 0 saturated heterocycles. The van der Waals surface area contributed by atoms with E-state index in [1.807, 2.05) is 6.92 Å². The maximum atomic E-state index is 11.2. The van der Waals surface area contributed by atoms with Crippen LogP contribution in [0.4, 0.5) is 5.82 Å². The first-order chi connectivity index (χ1) is 8.17. The fourth-order valence-electron chi connectivity index (χ4n) is 1.09. The average molecular weight is 257 g/mol. The third-order valence-electron chi connectivity index (χ3n) is 1.99. The maximum Gasteiger partial charge on any atom is 0.358 e. The van der Waals surface area contributed by atoms with Gasteiger partial charge in [0.15, 0.2) is 5.69 Å². The molecular formula is C10H15N3O3S. The molecule has 0 aliphatic rings. The number of anilines is 1. The van der Waals surface area contributed by atoms with Crippen molar-refractivity contribution in [2.24, 2.45) is 0 Å². The molecule has 0 saturated carbocycles. The van der Waals surface area contributed by atoms with Crippen molar-refractivity contribution in [3.63, 3.8) is 0 Å². The average Bonchev–Trinajstić information content (AvgIpc) is 2.38. The number of carbonyl (C=O) groups is 1. The Morgan fingerprint density at radius 1 is 1.53 bits per heavy atom. The lowest BCUT2D eigenvalue weighted by Gasteiger charge is -2.05. The summed E-state index contributed by atoms with van der Waals surface area (Å²) in [5.74, 6) is 1.12. The van der Waals surface area contributed by atoms with Gasteiger partial charge in [0.2, 0.25) is 0 Å². The zero-order valence-corrected chi connectivity index (χ0v) is 10.6. The zero-order valence-electron chi connectivity index (χ0n) is 9.80. The third-order valence-corrected chi connectivity index (χ3v) is 3.29. The molecule has 0 spiro atoms. The van der Waals surface area contributed by atoms with Crippen molar-refractivity contribution in [2.75, 3.05) is 30.5 Å². The molecule has 0 aromatic carbocycles. The second-order valence-electron chi connectivity index (χ2n) is 3.14. The lowest BCUT2D eigenvalue weighted by molar-refractivity contribution is 0.0593. The smallest absolute Gasteiger partial charge is 0.358 e. The highest BCUT2D eigenvalue weighted by atomic mass is 32.2. The first-order valence-electron chi connectivity index (χ1n) is 5.16. The predicted molar refractivity (Wildman–Crippen MR) is 65.4 cm³/mol. The van der Waals surface area contributed by atoms with Crippen LogP contribution in [0.3, 0.4) is 0 Å².